The monoisotopic (exact) mass is 209 g/mol. The summed E-state index contributed by atoms with van der Waals surface area (Å²) in [5.41, 5.74) is 1.49. The first-order valence-electron chi connectivity index (χ1n) is 5.16. The van der Waals surface area contributed by atoms with E-state index in [1.54, 1.807) is 13.2 Å². The summed E-state index contributed by atoms with van der Waals surface area (Å²) in [6.45, 7) is 3.50. The van der Waals surface area contributed by atoms with Crippen LogP contribution in [-0.4, -0.2) is 25.8 Å². The minimum Gasteiger partial charge on any atom is -0.375 e. The third-order valence-corrected chi connectivity index (χ3v) is 3.05. The molecule has 0 bridgehead atoms. The van der Waals surface area contributed by atoms with Crippen molar-refractivity contribution >= 4 is 0 Å². The maximum atomic E-state index is 13.6. The van der Waals surface area contributed by atoms with Gasteiger partial charge >= 0.3 is 0 Å². The van der Waals surface area contributed by atoms with Crippen LogP contribution < -0.4 is 5.32 Å². The van der Waals surface area contributed by atoms with E-state index in [0.29, 0.717) is 6.42 Å². The molecule has 1 aromatic carbocycles. The van der Waals surface area contributed by atoms with Crippen LogP contribution in [0.5, 0.6) is 0 Å². The molecule has 0 aromatic heterocycles. The second kappa shape index (κ2) is 3.91. The molecule has 82 valence electrons. The van der Waals surface area contributed by atoms with Gasteiger partial charge in [-0.3, -0.25) is 0 Å². The molecule has 0 saturated carbocycles. The standard InChI is InChI=1S/C12H16FNO/c1-9-3-4-10(11(13)5-9)6-12(15-2)7-14-8-12/h3-5,14H,6-8H2,1-2H3. The Morgan fingerprint density at radius 1 is 1.47 bits per heavy atom. The first-order chi connectivity index (χ1) is 7.15. The third kappa shape index (κ3) is 2.03. The average molecular weight is 209 g/mol. The molecule has 1 aliphatic heterocycles. The number of nitrogens with one attached hydrogen (secondary N) is 1. The van der Waals surface area contributed by atoms with Crippen molar-refractivity contribution in [2.24, 2.45) is 0 Å². The minimum absolute atomic E-state index is 0.127. The third-order valence-electron chi connectivity index (χ3n) is 3.05. The summed E-state index contributed by atoms with van der Waals surface area (Å²) < 4.78 is 19.0. The van der Waals surface area contributed by atoms with E-state index < -0.39 is 0 Å². The van der Waals surface area contributed by atoms with Gasteiger partial charge in [0.1, 0.15) is 5.82 Å². The smallest absolute Gasteiger partial charge is 0.126 e. The lowest BCUT2D eigenvalue weighted by Crippen LogP contribution is -2.62. The molecule has 1 aromatic rings. The summed E-state index contributed by atoms with van der Waals surface area (Å²) >= 11 is 0. The van der Waals surface area contributed by atoms with Crippen molar-refractivity contribution in [3.8, 4) is 0 Å². The summed E-state index contributed by atoms with van der Waals surface area (Å²) in [6.07, 6.45) is 0.641. The molecule has 0 radical (unpaired) electrons. The average Bonchev–Trinajstić information content (AvgIpc) is 2.14. The Morgan fingerprint density at radius 2 is 2.20 bits per heavy atom. The van der Waals surface area contributed by atoms with Crippen LogP contribution in [0, 0.1) is 12.7 Å². The highest BCUT2D eigenvalue weighted by Gasteiger charge is 2.37. The molecule has 0 amide bonds. The predicted octanol–water partition coefficient (Wildman–Crippen LogP) is 1.67. The molecule has 1 fully saturated rings. The Morgan fingerprint density at radius 3 is 2.67 bits per heavy atom. The molecular formula is C12H16FNO. The van der Waals surface area contributed by atoms with Crippen molar-refractivity contribution in [3.63, 3.8) is 0 Å². The molecular weight excluding hydrogens is 193 g/mol. The second-order valence-electron chi connectivity index (χ2n) is 4.26. The molecule has 0 unspecified atom stereocenters. The molecule has 2 nitrogen and oxygen atoms in total. The highest BCUT2D eigenvalue weighted by molar-refractivity contribution is 5.25. The maximum absolute atomic E-state index is 13.6. The summed E-state index contributed by atoms with van der Waals surface area (Å²) in [7, 11) is 1.69. The van der Waals surface area contributed by atoms with Gasteiger partial charge in [0.15, 0.2) is 0 Å². The van der Waals surface area contributed by atoms with Crippen molar-refractivity contribution in [1.29, 1.82) is 0 Å². The quantitative estimate of drug-likeness (QED) is 0.817. The van der Waals surface area contributed by atoms with E-state index in [9.17, 15) is 4.39 Å². The summed E-state index contributed by atoms with van der Waals surface area (Å²) in [5.74, 6) is -0.127. The zero-order chi connectivity index (χ0) is 10.9. The fourth-order valence-corrected chi connectivity index (χ4v) is 1.89. The zero-order valence-electron chi connectivity index (χ0n) is 9.14. The Hall–Kier alpha value is -0.930. The fraction of sp³-hybridized carbons (Fsp3) is 0.500. The van der Waals surface area contributed by atoms with Crippen molar-refractivity contribution in [2.45, 2.75) is 18.9 Å². The van der Waals surface area contributed by atoms with Crippen LogP contribution in [0.2, 0.25) is 0 Å². The Kier molecular flexibility index (Phi) is 2.76. The van der Waals surface area contributed by atoms with Crippen LogP contribution in [0.4, 0.5) is 4.39 Å². The maximum Gasteiger partial charge on any atom is 0.126 e. The first kappa shape index (κ1) is 10.6. The van der Waals surface area contributed by atoms with E-state index in [4.69, 9.17) is 4.74 Å². The van der Waals surface area contributed by atoms with Crippen molar-refractivity contribution < 1.29 is 9.13 Å². The fourth-order valence-electron chi connectivity index (χ4n) is 1.89. The van der Waals surface area contributed by atoms with Crippen LogP contribution >= 0.6 is 0 Å². The molecule has 15 heavy (non-hydrogen) atoms. The van der Waals surface area contributed by atoms with Crippen molar-refractivity contribution in [1.82, 2.24) is 5.32 Å². The van der Waals surface area contributed by atoms with Crippen LogP contribution in [0.3, 0.4) is 0 Å². The Labute approximate surface area is 89.4 Å². The number of halogens is 1. The number of hydrogen-bond donors (Lipinski definition) is 1. The lowest BCUT2D eigenvalue weighted by Gasteiger charge is -2.41. The Balaban J connectivity index is 2.16. The van der Waals surface area contributed by atoms with Crippen molar-refractivity contribution in [3.05, 3.63) is 35.1 Å². The molecule has 2 rings (SSSR count). The topological polar surface area (TPSA) is 21.3 Å². The highest BCUT2D eigenvalue weighted by Crippen LogP contribution is 2.23. The van der Waals surface area contributed by atoms with Crippen molar-refractivity contribution in [2.75, 3.05) is 20.2 Å². The van der Waals surface area contributed by atoms with E-state index in [1.807, 2.05) is 19.1 Å². The summed E-state index contributed by atoms with van der Waals surface area (Å²) in [4.78, 5) is 0. The predicted molar refractivity (Wildman–Crippen MR) is 57.5 cm³/mol. The molecule has 0 aliphatic carbocycles. The number of methoxy groups -OCH3 is 1. The first-order valence-corrected chi connectivity index (χ1v) is 5.16. The number of benzene rings is 1. The van der Waals surface area contributed by atoms with E-state index in [-0.39, 0.29) is 11.4 Å². The summed E-state index contributed by atoms with van der Waals surface area (Å²) in [6, 6.07) is 5.36. The molecule has 1 aliphatic rings. The number of hydrogen-bond acceptors (Lipinski definition) is 2. The number of aryl methyl sites for hydroxylation is 1. The van der Waals surface area contributed by atoms with Gasteiger partial charge in [0.2, 0.25) is 0 Å². The van der Waals surface area contributed by atoms with Crippen LogP contribution in [0.1, 0.15) is 11.1 Å². The van der Waals surface area contributed by atoms with Crippen LogP contribution in [0.25, 0.3) is 0 Å². The van der Waals surface area contributed by atoms with Gasteiger partial charge in [0.25, 0.3) is 0 Å². The van der Waals surface area contributed by atoms with Gasteiger partial charge in [0, 0.05) is 26.6 Å². The van der Waals surface area contributed by atoms with Gasteiger partial charge in [-0.15, -0.1) is 0 Å². The highest BCUT2D eigenvalue weighted by atomic mass is 19.1. The molecule has 3 heteroatoms. The van der Waals surface area contributed by atoms with E-state index in [2.05, 4.69) is 5.32 Å². The second-order valence-corrected chi connectivity index (χ2v) is 4.26. The van der Waals surface area contributed by atoms with Gasteiger partial charge in [-0.1, -0.05) is 12.1 Å². The van der Waals surface area contributed by atoms with E-state index >= 15 is 0 Å². The van der Waals surface area contributed by atoms with Crippen LogP contribution in [0.15, 0.2) is 18.2 Å². The Bertz CT molecular complexity index is 355. The van der Waals surface area contributed by atoms with Gasteiger partial charge in [0.05, 0.1) is 5.60 Å². The number of ether oxygens (including phenoxy) is 1. The summed E-state index contributed by atoms with van der Waals surface area (Å²) in [5, 5.41) is 3.16. The molecule has 0 spiro atoms. The molecule has 1 heterocycles. The molecule has 0 atom stereocenters. The lowest BCUT2D eigenvalue weighted by molar-refractivity contribution is -0.0507. The minimum atomic E-state index is -0.198. The van der Waals surface area contributed by atoms with Gasteiger partial charge in [-0.2, -0.15) is 0 Å². The van der Waals surface area contributed by atoms with Crippen LogP contribution in [-0.2, 0) is 11.2 Å². The number of rotatable bonds is 3. The van der Waals surface area contributed by atoms with E-state index in [1.165, 1.54) is 0 Å². The van der Waals surface area contributed by atoms with Gasteiger partial charge in [-0.25, -0.2) is 4.39 Å². The van der Waals surface area contributed by atoms with Gasteiger partial charge < -0.3 is 10.1 Å². The largest absolute Gasteiger partial charge is 0.375 e. The normalized spacial score (nSPS) is 18.6. The zero-order valence-corrected chi connectivity index (χ0v) is 9.14. The molecule has 1 N–H and O–H groups in total. The molecule has 1 saturated heterocycles. The van der Waals surface area contributed by atoms with Gasteiger partial charge in [-0.05, 0) is 24.1 Å². The lowest BCUT2D eigenvalue weighted by atomic mass is 9.88. The SMILES string of the molecule is COC1(Cc2ccc(C)cc2F)CNC1. The van der Waals surface area contributed by atoms with E-state index in [0.717, 1.165) is 24.2 Å².